The Hall–Kier alpha value is -2.01. The van der Waals surface area contributed by atoms with Gasteiger partial charge in [0.2, 0.25) is 5.91 Å². The number of para-hydroxylation sites is 1. The van der Waals surface area contributed by atoms with E-state index >= 15 is 0 Å². The minimum atomic E-state index is -0.366. The fourth-order valence-electron chi connectivity index (χ4n) is 2.32. The second-order valence-corrected chi connectivity index (χ2v) is 4.90. The molecule has 5 nitrogen and oxygen atoms in total. The van der Waals surface area contributed by atoms with Gasteiger partial charge in [0.15, 0.2) is 5.78 Å². The zero-order chi connectivity index (χ0) is 14.4. The molecule has 0 spiro atoms. The first-order valence-electron chi connectivity index (χ1n) is 6.82. The lowest BCUT2D eigenvalue weighted by Crippen LogP contribution is -2.20. The van der Waals surface area contributed by atoms with E-state index in [-0.39, 0.29) is 17.6 Å². The molecule has 1 aliphatic heterocycles. The smallest absolute Gasteiger partial charge is 0.243 e. The van der Waals surface area contributed by atoms with Gasteiger partial charge in [-0.15, -0.1) is 0 Å². The van der Waals surface area contributed by atoms with Crippen LogP contribution < -0.4 is 5.48 Å². The van der Waals surface area contributed by atoms with E-state index in [9.17, 15) is 9.59 Å². The third-order valence-corrected chi connectivity index (χ3v) is 3.44. The van der Waals surface area contributed by atoms with Crippen LogP contribution in [0.4, 0.5) is 5.69 Å². The zero-order valence-corrected chi connectivity index (χ0v) is 11.2. The highest BCUT2D eigenvalue weighted by atomic mass is 16.5. The Morgan fingerprint density at radius 1 is 1.25 bits per heavy atom. The maximum atomic E-state index is 12.2. The minimum Gasteiger partial charge on any atom is -0.293 e. The summed E-state index contributed by atoms with van der Waals surface area (Å²) in [6, 6.07) is 7.37. The number of carbonyl (C=O) groups is 2. The molecule has 1 aromatic carbocycles. The number of hydrogen-bond acceptors (Lipinski definition) is 4. The van der Waals surface area contributed by atoms with Crippen molar-refractivity contribution in [2.75, 3.05) is 0 Å². The van der Waals surface area contributed by atoms with E-state index in [1.54, 1.807) is 11.7 Å². The summed E-state index contributed by atoms with van der Waals surface area (Å²) in [5.41, 5.74) is 3.05. The van der Waals surface area contributed by atoms with Gasteiger partial charge in [-0.25, -0.2) is 5.48 Å². The van der Waals surface area contributed by atoms with Gasteiger partial charge in [0.1, 0.15) is 0 Å². The standard InChI is InChI=1S/C15H18N2O3/c18-14(17-20)9-3-1-2-6-11-10-16-13-8-5-4-7-12(13)15(11)19/h4-5,7-8,10-11,20H,1-3,6,9H2,(H,17,18). The van der Waals surface area contributed by atoms with Crippen molar-refractivity contribution in [3.05, 3.63) is 29.8 Å². The Labute approximate surface area is 117 Å². The molecule has 1 atom stereocenters. The van der Waals surface area contributed by atoms with E-state index in [4.69, 9.17) is 5.21 Å². The summed E-state index contributed by atoms with van der Waals surface area (Å²) < 4.78 is 0. The molecule has 0 fully saturated rings. The van der Waals surface area contributed by atoms with Crippen molar-refractivity contribution in [2.45, 2.75) is 32.1 Å². The molecule has 1 aromatic rings. The van der Waals surface area contributed by atoms with Crippen LogP contribution in [0.25, 0.3) is 0 Å². The quantitative estimate of drug-likeness (QED) is 0.475. The first kappa shape index (κ1) is 14.4. The number of fused-ring (bicyclic) bond motifs is 1. The molecule has 0 saturated heterocycles. The molecule has 0 aliphatic carbocycles. The fourth-order valence-corrected chi connectivity index (χ4v) is 2.32. The maximum absolute atomic E-state index is 12.2. The maximum Gasteiger partial charge on any atom is 0.243 e. The zero-order valence-electron chi connectivity index (χ0n) is 11.2. The van der Waals surface area contributed by atoms with Crippen LogP contribution in [0.15, 0.2) is 29.3 Å². The monoisotopic (exact) mass is 274 g/mol. The topological polar surface area (TPSA) is 78.8 Å². The highest BCUT2D eigenvalue weighted by Crippen LogP contribution is 2.27. The van der Waals surface area contributed by atoms with Gasteiger partial charge in [-0.2, -0.15) is 0 Å². The van der Waals surface area contributed by atoms with Gasteiger partial charge in [-0.1, -0.05) is 25.0 Å². The summed E-state index contributed by atoms with van der Waals surface area (Å²) in [6.07, 6.45) is 5.21. The van der Waals surface area contributed by atoms with Gasteiger partial charge >= 0.3 is 0 Å². The second-order valence-electron chi connectivity index (χ2n) is 4.90. The van der Waals surface area contributed by atoms with E-state index < -0.39 is 0 Å². The number of Topliss-reactive ketones (excluding diaryl/α,β-unsaturated/α-hetero) is 1. The minimum absolute atomic E-state index is 0.128. The Kier molecular flexibility index (Phi) is 5.01. The molecule has 0 saturated carbocycles. The van der Waals surface area contributed by atoms with Crippen molar-refractivity contribution in [2.24, 2.45) is 10.9 Å². The van der Waals surface area contributed by atoms with Crippen molar-refractivity contribution >= 4 is 23.6 Å². The SMILES string of the molecule is O=C(CCCCCC1C=Nc2ccccc2C1=O)NO. The number of hydrogen-bond donors (Lipinski definition) is 2. The molecule has 0 radical (unpaired) electrons. The van der Waals surface area contributed by atoms with Crippen molar-refractivity contribution in [3.8, 4) is 0 Å². The van der Waals surface area contributed by atoms with Crippen LogP contribution in [0.5, 0.6) is 0 Å². The Bertz CT molecular complexity index is 526. The summed E-state index contributed by atoms with van der Waals surface area (Å²) >= 11 is 0. The van der Waals surface area contributed by atoms with E-state index in [2.05, 4.69) is 4.99 Å². The summed E-state index contributed by atoms with van der Waals surface area (Å²) in [6.45, 7) is 0. The number of amides is 1. The van der Waals surface area contributed by atoms with E-state index in [0.29, 0.717) is 18.4 Å². The summed E-state index contributed by atoms with van der Waals surface area (Å²) in [5, 5.41) is 8.36. The number of carbonyl (C=O) groups excluding carboxylic acids is 2. The number of aliphatic imine (C=N–C) groups is 1. The van der Waals surface area contributed by atoms with E-state index in [0.717, 1.165) is 24.9 Å². The van der Waals surface area contributed by atoms with Gasteiger partial charge in [0.25, 0.3) is 0 Å². The highest BCUT2D eigenvalue weighted by Gasteiger charge is 2.23. The third-order valence-electron chi connectivity index (χ3n) is 3.44. The van der Waals surface area contributed by atoms with Crippen molar-refractivity contribution < 1.29 is 14.8 Å². The number of rotatable bonds is 6. The molecule has 2 N–H and O–H groups in total. The molecule has 5 heteroatoms. The fraction of sp³-hybridized carbons (Fsp3) is 0.400. The molecular weight excluding hydrogens is 256 g/mol. The van der Waals surface area contributed by atoms with Gasteiger partial charge < -0.3 is 0 Å². The van der Waals surface area contributed by atoms with Gasteiger partial charge in [-0.3, -0.25) is 19.8 Å². The summed E-state index contributed by atoms with van der Waals surface area (Å²) in [4.78, 5) is 27.4. The molecule has 1 amide bonds. The first-order valence-corrected chi connectivity index (χ1v) is 6.82. The summed E-state index contributed by atoms with van der Waals surface area (Å²) in [7, 11) is 0. The molecule has 1 aliphatic rings. The molecular formula is C15H18N2O3. The highest BCUT2D eigenvalue weighted by molar-refractivity contribution is 6.12. The molecule has 0 aromatic heterocycles. The Balaban J connectivity index is 1.78. The van der Waals surface area contributed by atoms with E-state index in [1.807, 2.05) is 24.3 Å². The molecule has 1 unspecified atom stereocenters. The Morgan fingerprint density at radius 3 is 2.85 bits per heavy atom. The van der Waals surface area contributed by atoms with Gasteiger partial charge in [-0.05, 0) is 25.0 Å². The van der Waals surface area contributed by atoms with E-state index in [1.165, 1.54) is 0 Å². The number of nitrogens with zero attached hydrogens (tertiary/aromatic N) is 1. The lowest BCUT2D eigenvalue weighted by Gasteiger charge is -2.16. The number of hydroxylamine groups is 1. The largest absolute Gasteiger partial charge is 0.293 e. The van der Waals surface area contributed by atoms with Crippen LogP contribution in [0, 0.1) is 5.92 Å². The van der Waals surface area contributed by atoms with Crippen LogP contribution in [0.1, 0.15) is 42.5 Å². The molecule has 106 valence electrons. The van der Waals surface area contributed by atoms with Crippen LogP contribution in [0.2, 0.25) is 0 Å². The van der Waals surface area contributed by atoms with Crippen LogP contribution >= 0.6 is 0 Å². The molecule has 0 bridgehead atoms. The predicted octanol–water partition coefficient (Wildman–Crippen LogP) is 2.66. The first-order chi connectivity index (χ1) is 9.72. The lowest BCUT2D eigenvalue weighted by atomic mass is 9.90. The van der Waals surface area contributed by atoms with Gasteiger partial charge in [0.05, 0.1) is 11.6 Å². The van der Waals surface area contributed by atoms with Crippen LogP contribution in [0.3, 0.4) is 0 Å². The molecule has 20 heavy (non-hydrogen) atoms. The Morgan fingerprint density at radius 2 is 2.05 bits per heavy atom. The van der Waals surface area contributed by atoms with Crippen molar-refractivity contribution in [1.82, 2.24) is 5.48 Å². The number of benzene rings is 1. The molecule has 1 heterocycles. The lowest BCUT2D eigenvalue weighted by molar-refractivity contribution is -0.129. The number of unbranched alkanes of at least 4 members (excludes halogenated alkanes) is 2. The number of nitrogens with one attached hydrogen (secondary N) is 1. The van der Waals surface area contributed by atoms with Crippen molar-refractivity contribution in [3.63, 3.8) is 0 Å². The van der Waals surface area contributed by atoms with Gasteiger partial charge in [0, 0.05) is 18.2 Å². The third kappa shape index (κ3) is 3.51. The van der Waals surface area contributed by atoms with Crippen LogP contribution in [-0.4, -0.2) is 23.1 Å². The second kappa shape index (κ2) is 6.96. The number of ketones is 1. The van der Waals surface area contributed by atoms with Crippen molar-refractivity contribution in [1.29, 1.82) is 0 Å². The molecule has 2 rings (SSSR count). The average molecular weight is 274 g/mol. The van der Waals surface area contributed by atoms with Crippen LogP contribution in [-0.2, 0) is 4.79 Å². The normalized spacial score (nSPS) is 16.9. The summed E-state index contributed by atoms with van der Waals surface area (Å²) in [5.74, 6) is -0.394. The average Bonchev–Trinajstić information content (AvgIpc) is 2.49. The predicted molar refractivity (Wildman–Crippen MR) is 75.4 cm³/mol.